The van der Waals surface area contributed by atoms with Gasteiger partial charge in [-0.2, -0.15) is 0 Å². The molecular formula is C30H52N4O. The number of nitrogens with two attached hydrogens (primary N) is 1. The molecule has 198 valence electrons. The van der Waals surface area contributed by atoms with Crippen LogP contribution >= 0.6 is 0 Å². The van der Waals surface area contributed by atoms with Crippen LogP contribution in [0.4, 0.5) is 0 Å². The maximum Gasteiger partial charge on any atom is 0.244 e. The third-order valence-corrected chi connectivity index (χ3v) is 6.48. The summed E-state index contributed by atoms with van der Waals surface area (Å²) in [4.78, 5) is 12.1. The number of allylic oxidation sites excluding steroid dienone is 9. The zero-order valence-corrected chi connectivity index (χ0v) is 23.1. The molecule has 0 aromatic carbocycles. The molecular weight excluding hydrogens is 432 g/mol. The number of carbonyl (C=O) groups is 1. The molecule has 0 aliphatic heterocycles. The van der Waals surface area contributed by atoms with E-state index in [0.717, 1.165) is 57.6 Å². The molecule has 0 aromatic heterocycles. The number of nitrogens with one attached hydrogen (secondary N) is 3. The van der Waals surface area contributed by atoms with E-state index < -0.39 is 0 Å². The molecule has 0 saturated carbocycles. The molecule has 0 aromatic rings. The second-order valence-electron chi connectivity index (χ2n) is 10.4. The van der Waals surface area contributed by atoms with Gasteiger partial charge in [-0.15, -0.1) is 0 Å². The molecule has 0 atom stereocenters. The summed E-state index contributed by atoms with van der Waals surface area (Å²) in [6, 6.07) is 0. The Kier molecular flexibility index (Phi) is 16.3. The first kappa shape index (κ1) is 31.1. The molecule has 0 fully saturated rings. The molecule has 0 saturated heterocycles. The zero-order chi connectivity index (χ0) is 25.9. The highest BCUT2D eigenvalue weighted by Crippen LogP contribution is 2.40. The van der Waals surface area contributed by atoms with Crippen molar-refractivity contribution in [2.24, 2.45) is 11.1 Å². The average molecular weight is 485 g/mol. The summed E-state index contributed by atoms with van der Waals surface area (Å²) in [6.07, 6.45) is 20.3. The first-order chi connectivity index (χ1) is 16.8. The van der Waals surface area contributed by atoms with Crippen LogP contribution in [0.5, 0.6) is 0 Å². The van der Waals surface area contributed by atoms with Gasteiger partial charge in [0.05, 0.1) is 0 Å². The van der Waals surface area contributed by atoms with Crippen molar-refractivity contribution in [2.75, 3.05) is 39.3 Å². The van der Waals surface area contributed by atoms with Gasteiger partial charge in [0.1, 0.15) is 0 Å². The quantitative estimate of drug-likeness (QED) is 0.128. The third kappa shape index (κ3) is 14.9. The first-order valence-electron chi connectivity index (χ1n) is 13.6. The lowest BCUT2D eigenvalue weighted by atomic mass is 9.72. The number of hydrogen-bond acceptors (Lipinski definition) is 4. The van der Waals surface area contributed by atoms with E-state index in [0.29, 0.717) is 6.54 Å². The molecule has 35 heavy (non-hydrogen) atoms. The van der Waals surface area contributed by atoms with Crippen molar-refractivity contribution >= 4 is 5.91 Å². The molecule has 1 aliphatic rings. The lowest BCUT2D eigenvalue weighted by Gasteiger charge is -2.32. The summed E-state index contributed by atoms with van der Waals surface area (Å²) in [6.45, 7) is 16.5. The average Bonchev–Trinajstić information content (AvgIpc) is 2.79. The van der Waals surface area contributed by atoms with Crippen molar-refractivity contribution in [1.82, 2.24) is 16.0 Å². The van der Waals surface area contributed by atoms with Crippen molar-refractivity contribution in [3.05, 3.63) is 58.7 Å². The van der Waals surface area contributed by atoms with Crippen molar-refractivity contribution in [1.29, 1.82) is 0 Å². The molecule has 0 bridgehead atoms. The highest BCUT2D eigenvalue weighted by molar-refractivity contribution is 5.88. The van der Waals surface area contributed by atoms with Crippen LogP contribution in [0.25, 0.3) is 0 Å². The number of amides is 1. The van der Waals surface area contributed by atoms with Gasteiger partial charge in [0.25, 0.3) is 0 Å². The van der Waals surface area contributed by atoms with Crippen molar-refractivity contribution in [3.8, 4) is 0 Å². The van der Waals surface area contributed by atoms with Crippen LogP contribution < -0.4 is 21.7 Å². The third-order valence-electron chi connectivity index (χ3n) is 6.48. The SMILES string of the molecule is CC1=C(/C=C/C(C)=C/C=C/C(C)=C/C(=O)NCCCNCCCCNCCCN)C(C)(C)CCC1. The van der Waals surface area contributed by atoms with E-state index >= 15 is 0 Å². The highest BCUT2D eigenvalue weighted by atomic mass is 16.1. The molecule has 5 nitrogen and oxygen atoms in total. The maximum absolute atomic E-state index is 12.1. The standard InChI is InChI=1S/C30H52N4O/c1-25(15-16-28-27(3)14-9-17-30(28,4)5)12-8-13-26(2)24-29(35)34-23-11-22-33-20-7-6-19-32-21-10-18-31/h8,12-13,15-16,24,32-33H,6-7,9-11,14,17-23,31H2,1-5H3,(H,34,35)/b13-8+,16-15+,25-12+,26-24+. The van der Waals surface area contributed by atoms with Gasteiger partial charge in [-0.1, -0.05) is 55.4 Å². The van der Waals surface area contributed by atoms with E-state index in [9.17, 15) is 4.79 Å². The van der Waals surface area contributed by atoms with Crippen LogP contribution in [0.1, 0.15) is 79.6 Å². The maximum atomic E-state index is 12.1. The minimum atomic E-state index is -0.0294. The second kappa shape index (κ2) is 18.3. The first-order valence-corrected chi connectivity index (χ1v) is 13.6. The summed E-state index contributed by atoms with van der Waals surface area (Å²) >= 11 is 0. The Morgan fingerprint density at radius 1 is 0.943 bits per heavy atom. The van der Waals surface area contributed by atoms with E-state index in [4.69, 9.17) is 5.73 Å². The van der Waals surface area contributed by atoms with Gasteiger partial charge < -0.3 is 21.7 Å². The van der Waals surface area contributed by atoms with E-state index in [2.05, 4.69) is 61.9 Å². The molecule has 1 rings (SSSR count). The number of hydrogen-bond donors (Lipinski definition) is 4. The zero-order valence-electron chi connectivity index (χ0n) is 23.1. The summed E-state index contributed by atoms with van der Waals surface area (Å²) in [5.74, 6) is -0.0294. The monoisotopic (exact) mass is 484 g/mol. The fraction of sp³-hybridized carbons (Fsp3) is 0.633. The van der Waals surface area contributed by atoms with Gasteiger partial charge in [0.2, 0.25) is 5.91 Å². The molecule has 0 radical (unpaired) electrons. The number of rotatable bonds is 17. The fourth-order valence-electron chi connectivity index (χ4n) is 4.34. The smallest absolute Gasteiger partial charge is 0.244 e. The van der Waals surface area contributed by atoms with Gasteiger partial charge in [0.15, 0.2) is 0 Å². The topological polar surface area (TPSA) is 79.2 Å². The van der Waals surface area contributed by atoms with E-state index in [1.807, 2.05) is 19.1 Å². The van der Waals surface area contributed by atoms with E-state index in [-0.39, 0.29) is 11.3 Å². The lowest BCUT2D eigenvalue weighted by molar-refractivity contribution is -0.116. The van der Waals surface area contributed by atoms with Crippen molar-refractivity contribution < 1.29 is 4.79 Å². The van der Waals surface area contributed by atoms with Crippen LogP contribution in [0.3, 0.4) is 0 Å². The Hall–Kier alpha value is -1.95. The second-order valence-corrected chi connectivity index (χ2v) is 10.4. The predicted molar refractivity (Wildman–Crippen MR) is 152 cm³/mol. The summed E-state index contributed by atoms with van der Waals surface area (Å²) in [7, 11) is 0. The lowest BCUT2D eigenvalue weighted by Crippen LogP contribution is -2.26. The van der Waals surface area contributed by atoms with Crippen molar-refractivity contribution in [3.63, 3.8) is 0 Å². The normalized spacial score (nSPS) is 17.1. The Morgan fingerprint density at radius 3 is 2.26 bits per heavy atom. The van der Waals surface area contributed by atoms with E-state index in [1.165, 1.54) is 42.4 Å². The minimum absolute atomic E-state index is 0.0294. The predicted octanol–water partition coefficient (Wildman–Crippen LogP) is 5.33. The van der Waals surface area contributed by atoms with Crippen LogP contribution in [-0.2, 0) is 4.79 Å². The molecule has 0 spiro atoms. The minimum Gasteiger partial charge on any atom is -0.352 e. The fourth-order valence-corrected chi connectivity index (χ4v) is 4.34. The molecule has 5 heteroatoms. The molecule has 5 N–H and O–H groups in total. The molecule has 1 aliphatic carbocycles. The van der Waals surface area contributed by atoms with Gasteiger partial charge in [-0.25, -0.2) is 0 Å². The van der Waals surface area contributed by atoms with Crippen LogP contribution in [-0.4, -0.2) is 45.2 Å². The van der Waals surface area contributed by atoms with Crippen LogP contribution in [0, 0.1) is 5.41 Å². The van der Waals surface area contributed by atoms with Crippen LogP contribution in [0.15, 0.2) is 58.7 Å². The molecule has 1 amide bonds. The highest BCUT2D eigenvalue weighted by Gasteiger charge is 2.26. The van der Waals surface area contributed by atoms with E-state index in [1.54, 1.807) is 6.08 Å². The molecule has 0 heterocycles. The Balaban J connectivity index is 2.24. The van der Waals surface area contributed by atoms with Crippen molar-refractivity contribution in [2.45, 2.75) is 79.6 Å². The summed E-state index contributed by atoms with van der Waals surface area (Å²) in [5, 5.41) is 9.80. The van der Waals surface area contributed by atoms with Gasteiger partial charge in [0, 0.05) is 12.6 Å². The Bertz CT molecular complexity index is 771. The molecule has 0 unspecified atom stereocenters. The number of unbranched alkanes of at least 4 members (excludes halogenated alkanes) is 1. The van der Waals surface area contributed by atoms with Gasteiger partial charge >= 0.3 is 0 Å². The largest absolute Gasteiger partial charge is 0.352 e. The Labute approximate surface area is 215 Å². The number of carbonyl (C=O) groups excluding carboxylic acids is 1. The summed E-state index contributed by atoms with van der Waals surface area (Å²) < 4.78 is 0. The van der Waals surface area contributed by atoms with Gasteiger partial charge in [-0.05, 0) is 115 Å². The Morgan fingerprint density at radius 2 is 1.60 bits per heavy atom. The summed E-state index contributed by atoms with van der Waals surface area (Å²) in [5.41, 5.74) is 10.9. The van der Waals surface area contributed by atoms with Gasteiger partial charge in [-0.3, -0.25) is 4.79 Å². The van der Waals surface area contributed by atoms with Crippen LogP contribution in [0.2, 0.25) is 0 Å².